The number of aliphatic carboxylic acids is 1. The summed E-state index contributed by atoms with van der Waals surface area (Å²) in [5.41, 5.74) is 0.704. The summed E-state index contributed by atoms with van der Waals surface area (Å²) < 4.78 is 37.4. The first-order chi connectivity index (χ1) is 7.19. The Balaban J connectivity index is 3.34. The van der Waals surface area contributed by atoms with Gasteiger partial charge in [0.2, 0.25) is 0 Å². The van der Waals surface area contributed by atoms with E-state index in [0.29, 0.717) is 0 Å². The first-order valence-electron chi connectivity index (χ1n) is 4.08. The highest BCUT2D eigenvalue weighted by Crippen LogP contribution is 2.39. The Labute approximate surface area is 88.1 Å². The van der Waals surface area contributed by atoms with Gasteiger partial charge in [-0.3, -0.25) is 0 Å². The summed E-state index contributed by atoms with van der Waals surface area (Å²) in [4.78, 5) is 10.6. The van der Waals surface area contributed by atoms with Gasteiger partial charge < -0.3 is 15.9 Å². The van der Waals surface area contributed by atoms with Gasteiger partial charge in [0.25, 0.3) is 5.60 Å². The maximum atomic E-state index is 12.5. The number of carbonyl (C=O) groups is 1. The average molecular weight is 235 g/mol. The third-order valence-electron chi connectivity index (χ3n) is 2.05. The van der Waals surface area contributed by atoms with Crippen LogP contribution >= 0.6 is 0 Å². The Morgan fingerprint density at radius 2 is 1.62 bits per heavy atom. The van der Waals surface area contributed by atoms with E-state index in [0.717, 1.165) is 24.3 Å². The van der Waals surface area contributed by atoms with Crippen molar-refractivity contribution in [2.24, 2.45) is 0 Å². The molecule has 0 saturated heterocycles. The van der Waals surface area contributed by atoms with Gasteiger partial charge in [-0.2, -0.15) is 13.2 Å². The zero-order chi connectivity index (χ0) is 12.6. The molecule has 1 unspecified atom stereocenters. The maximum Gasteiger partial charge on any atom is 0.432 e. The predicted octanol–water partition coefficient (Wildman–Crippen LogP) is 1.10. The summed E-state index contributed by atoms with van der Waals surface area (Å²) in [5.74, 6) is -2.38. The van der Waals surface area contributed by atoms with Crippen LogP contribution in [0.2, 0.25) is 0 Å². The van der Waals surface area contributed by atoms with Crippen LogP contribution < -0.4 is 5.73 Å². The van der Waals surface area contributed by atoms with Crippen LogP contribution in [-0.2, 0) is 10.4 Å². The van der Waals surface area contributed by atoms with Crippen molar-refractivity contribution >= 4 is 11.7 Å². The van der Waals surface area contributed by atoms with Gasteiger partial charge in [-0.25, -0.2) is 4.79 Å². The highest BCUT2D eigenvalue weighted by atomic mass is 19.4. The molecule has 4 N–H and O–H groups in total. The van der Waals surface area contributed by atoms with Gasteiger partial charge in [0.15, 0.2) is 0 Å². The fourth-order valence-electron chi connectivity index (χ4n) is 1.13. The molecular weight excluding hydrogens is 227 g/mol. The van der Waals surface area contributed by atoms with E-state index in [9.17, 15) is 23.1 Å². The van der Waals surface area contributed by atoms with Crippen LogP contribution in [0.4, 0.5) is 18.9 Å². The summed E-state index contributed by atoms with van der Waals surface area (Å²) in [5, 5.41) is 17.7. The van der Waals surface area contributed by atoms with Crippen LogP contribution in [0.3, 0.4) is 0 Å². The molecule has 88 valence electrons. The molecular formula is C9H8F3NO3. The zero-order valence-electron chi connectivity index (χ0n) is 7.82. The first-order valence-corrected chi connectivity index (χ1v) is 4.08. The molecule has 1 rings (SSSR count). The lowest BCUT2D eigenvalue weighted by molar-refractivity contribution is -0.265. The van der Waals surface area contributed by atoms with Gasteiger partial charge in [-0.05, 0) is 12.1 Å². The van der Waals surface area contributed by atoms with Gasteiger partial charge in [-0.1, -0.05) is 12.1 Å². The summed E-state index contributed by atoms with van der Waals surface area (Å²) in [6, 6.07) is 3.79. The van der Waals surface area contributed by atoms with E-state index < -0.39 is 23.3 Å². The number of anilines is 1. The molecule has 0 aliphatic heterocycles. The number of benzene rings is 1. The third-order valence-corrected chi connectivity index (χ3v) is 2.05. The third kappa shape index (κ3) is 1.81. The molecule has 0 radical (unpaired) electrons. The fraction of sp³-hybridized carbons (Fsp3) is 0.222. The minimum atomic E-state index is -5.31. The standard InChI is InChI=1S/C9H8F3NO3/c10-9(11,12)8(16,7(14)15)5-1-3-6(13)4-2-5/h1-4,16H,13H2,(H,14,15). The zero-order valence-corrected chi connectivity index (χ0v) is 7.82. The normalized spacial score (nSPS) is 15.5. The Morgan fingerprint density at radius 1 is 1.19 bits per heavy atom. The molecule has 7 heteroatoms. The Kier molecular flexibility index (Phi) is 2.83. The van der Waals surface area contributed by atoms with Crippen LogP contribution in [0.1, 0.15) is 5.56 Å². The van der Waals surface area contributed by atoms with Crippen molar-refractivity contribution in [2.75, 3.05) is 5.73 Å². The number of carboxylic acids is 1. The second-order valence-corrected chi connectivity index (χ2v) is 3.14. The Morgan fingerprint density at radius 3 is 1.94 bits per heavy atom. The number of hydrogen-bond acceptors (Lipinski definition) is 3. The molecule has 1 aromatic carbocycles. The van der Waals surface area contributed by atoms with Gasteiger partial charge in [0, 0.05) is 11.3 Å². The highest BCUT2D eigenvalue weighted by Gasteiger charge is 2.61. The molecule has 4 nitrogen and oxygen atoms in total. The lowest BCUT2D eigenvalue weighted by Gasteiger charge is -2.26. The predicted molar refractivity (Wildman–Crippen MR) is 48.4 cm³/mol. The number of nitrogen functional groups attached to an aromatic ring is 1. The van der Waals surface area contributed by atoms with Gasteiger partial charge in [0.1, 0.15) is 0 Å². The van der Waals surface area contributed by atoms with Gasteiger partial charge in [-0.15, -0.1) is 0 Å². The van der Waals surface area contributed by atoms with E-state index in [1.807, 2.05) is 0 Å². The molecule has 0 saturated carbocycles. The lowest BCUT2D eigenvalue weighted by atomic mass is 9.93. The molecule has 0 amide bonds. The number of hydrogen-bond donors (Lipinski definition) is 3. The summed E-state index contributed by atoms with van der Waals surface area (Å²) in [6.07, 6.45) is -5.31. The average Bonchev–Trinajstić information content (AvgIpc) is 2.15. The van der Waals surface area contributed by atoms with E-state index >= 15 is 0 Å². The minimum absolute atomic E-state index is 0.165. The molecule has 16 heavy (non-hydrogen) atoms. The molecule has 1 aromatic rings. The topological polar surface area (TPSA) is 83.5 Å². The number of carboxylic acid groups (broad SMARTS) is 1. The lowest BCUT2D eigenvalue weighted by Crippen LogP contribution is -2.49. The molecule has 0 fully saturated rings. The summed E-state index contributed by atoms with van der Waals surface area (Å²) >= 11 is 0. The van der Waals surface area contributed by atoms with Crippen LogP contribution in [0.5, 0.6) is 0 Å². The Hall–Kier alpha value is -1.76. The molecule has 0 aliphatic rings. The SMILES string of the molecule is Nc1ccc(C(O)(C(=O)O)C(F)(F)F)cc1. The molecule has 0 heterocycles. The molecule has 0 aliphatic carbocycles. The van der Waals surface area contributed by atoms with Crippen molar-refractivity contribution in [1.29, 1.82) is 0 Å². The smallest absolute Gasteiger partial charge is 0.432 e. The quantitative estimate of drug-likeness (QED) is 0.670. The van der Waals surface area contributed by atoms with E-state index in [4.69, 9.17) is 10.8 Å². The van der Waals surface area contributed by atoms with Crippen molar-refractivity contribution in [1.82, 2.24) is 0 Å². The summed E-state index contributed by atoms with van der Waals surface area (Å²) in [7, 11) is 0. The monoisotopic (exact) mass is 235 g/mol. The molecule has 0 aromatic heterocycles. The van der Waals surface area contributed by atoms with Crippen LogP contribution in [-0.4, -0.2) is 22.4 Å². The van der Waals surface area contributed by atoms with Gasteiger partial charge in [0.05, 0.1) is 0 Å². The number of halogens is 3. The number of nitrogens with two attached hydrogens (primary N) is 1. The molecule has 0 spiro atoms. The van der Waals surface area contributed by atoms with Crippen molar-refractivity contribution in [2.45, 2.75) is 11.8 Å². The van der Waals surface area contributed by atoms with E-state index in [1.165, 1.54) is 0 Å². The van der Waals surface area contributed by atoms with Crippen molar-refractivity contribution in [3.63, 3.8) is 0 Å². The maximum absolute atomic E-state index is 12.5. The van der Waals surface area contributed by atoms with Crippen LogP contribution in [0.15, 0.2) is 24.3 Å². The van der Waals surface area contributed by atoms with E-state index in [-0.39, 0.29) is 5.69 Å². The highest BCUT2D eigenvalue weighted by molar-refractivity contribution is 5.80. The fourth-order valence-corrected chi connectivity index (χ4v) is 1.13. The number of rotatable bonds is 2. The molecule has 0 bridgehead atoms. The first kappa shape index (κ1) is 12.3. The second kappa shape index (κ2) is 3.67. The van der Waals surface area contributed by atoms with Crippen molar-refractivity contribution < 1.29 is 28.2 Å². The Bertz CT molecular complexity index is 401. The molecule has 1 atom stereocenters. The second-order valence-electron chi connectivity index (χ2n) is 3.14. The van der Waals surface area contributed by atoms with Crippen molar-refractivity contribution in [3.8, 4) is 0 Å². The van der Waals surface area contributed by atoms with Crippen LogP contribution in [0, 0.1) is 0 Å². The van der Waals surface area contributed by atoms with Crippen molar-refractivity contribution in [3.05, 3.63) is 29.8 Å². The minimum Gasteiger partial charge on any atom is -0.479 e. The number of aliphatic hydroxyl groups is 1. The van der Waals surface area contributed by atoms with Gasteiger partial charge >= 0.3 is 12.1 Å². The number of alkyl halides is 3. The largest absolute Gasteiger partial charge is 0.479 e. The summed E-state index contributed by atoms with van der Waals surface area (Å²) in [6.45, 7) is 0. The van der Waals surface area contributed by atoms with Crippen LogP contribution in [0.25, 0.3) is 0 Å². The van der Waals surface area contributed by atoms with E-state index in [2.05, 4.69) is 0 Å². The van der Waals surface area contributed by atoms with E-state index in [1.54, 1.807) is 0 Å².